The van der Waals surface area contributed by atoms with Crippen LogP contribution in [0.5, 0.6) is 0 Å². The number of carbonyl (C=O) groups is 2. The summed E-state index contributed by atoms with van der Waals surface area (Å²) < 4.78 is 0. The largest absolute Gasteiger partial charge is 0.352 e. The summed E-state index contributed by atoms with van der Waals surface area (Å²) in [5.74, 6) is 0.816. The van der Waals surface area contributed by atoms with Gasteiger partial charge in [-0.1, -0.05) is 25.4 Å². The second kappa shape index (κ2) is 8.23. The van der Waals surface area contributed by atoms with Crippen molar-refractivity contribution in [1.82, 2.24) is 10.2 Å². The van der Waals surface area contributed by atoms with Gasteiger partial charge in [0.2, 0.25) is 5.91 Å². The van der Waals surface area contributed by atoms with E-state index < -0.39 is 11.6 Å². The van der Waals surface area contributed by atoms with Crippen molar-refractivity contribution in [3.05, 3.63) is 34.9 Å². The summed E-state index contributed by atoms with van der Waals surface area (Å²) in [4.78, 5) is 26.8. The topological polar surface area (TPSA) is 75.4 Å². The minimum Gasteiger partial charge on any atom is -0.352 e. The van der Waals surface area contributed by atoms with Crippen LogP contribution in [0.4, 0.5) is 0 Å². The lowest BCUT2D eigenvalue weighted by Crippen LogP contribution is -2.54. The molecule has 0 bridgehead atoms. The molecule has 1 fully saturated rings. The first kappa shape index (κ1) is 19.1. The van der Waals surface area contributed by atoms with Crippen LogP contribution in [0.15, 0.2) is 24.3 Å². The van der Waals surface area contributed by atoms with Gasteiger partial charge in [0.25, 0.3) is 5.91 Å². The smallest absolute Gasteiger partial charge is 0.255 e. The maximum Gasteiger partial charge on any atom is 0.255 e. The first-order chi connectivity index (χ1) is 11.4. The van der Waals surface area contributed by atoms with Gasteiger partial charge in [-0.2, -0.15) is 0 Å². The molecule has 1 aromatic rings. The molecule has 1 aliphatic heterocycles. The Kier molecular flexibility index (Phi) is 6.54. The highest BCUT2D eigenvalue weighted by Crippen LogP contribution is 2.24. The number of thioether (sulfide) groups is 1. The minimum absolute atomic E-state index is 0.140. The van der Waals surface area contributed by atoms with Crippen molar-refractivity contribution >= 4 is 35.2 Å². The average Bonchev–Trinajstić information content (AvgIpc) is 3.09. The lowest BCUT2D eigenvalue weighted by Gasteiger charge is -2.29. The maximum atomic E-state index is 12.7. The van der Waals surface area contributed by atoms with E-state index in [1.165, 1.54) is 0 Å². The van der Waals surface area contributed by atoms with Gasteiger partial charge in [-0.25, -0.2) is 0 Å². The van der Waals surface area contributed by atoms with Gasteiger partial charge in [0.15, 0.2) is 0 Å². The van der Waals surface area contributed by atoms with Crippen molar-refractivity contribution in [3.63, 3.8) is 0 Å². The van der Waals surface area contributed by atoms with Crippen molar-refractivity contribution in [2.45, 2.75) is 38.3 Å². The van der Waals surface area contributed by atoms with E-state index in [1.807, 2.05) is 13.8 Å². The van der Waals surface area contributed by atoms with Gasteiger partial charge in [-0.05, 0) is 37.1 Å². The lowest BCUT2D eigenvalue weighted by molar-refractivity contribution is -0.124. The Morgan fingerprint density at radius 2 is 1.96 bits per heavy atom. The first-order valence-corrected chi connectivity index (χ1v) is 9.64. The second-order valence-electron chi connectivity index (χ2n) is 6.08. The molecule has 2 rings (SSSR count). The minimum atomic E-state index is -0.462. The number of benzene rings is 1. The first-order valence-electron chi connectivity index (χ1n) is 8.11. The number of rotatable bonds is 6. The third kappa shape index (κ3) is 4.43. The molecule has 1 atom stereocenters. The number of hydrogen-bond acceptors (Lipinski definition) is 4. The molecule has 1 saturated heterocycles. The van der Waals surface area contributed by atoms with Crippen molar-refractivity contribution in [1.29, 1.82) is 0 Å². The third-order valence-corrected chi connectivity index (χ3v) is 5.82. The highest BCUT2D eigenvalue weighted by atomic mass is 35.5. The summed E-state index contributed by atoms with van der Waals surface area (Å²) in [5, 5.41) is 3.50. The summed E-state index contributed by atoms with van der Waals surface area (Å²) in [5.41, 5.74) is 6.37. The number of carbonyl (C=O) groups excluding carboxylic acids is 2. The van der Waals surface area contributed by atoms with Gasteiger partial charge in [-0.15, -0.1) is 11.8 Å². The van der Waals surface area contributed by atoms with Crippen molar-refractivity contribution in [2.24, 2.45) is 5.73 Å². The Labute approximate surface area is 152 Å². The van der Waals surface area contributed by atoms with E-state index in [2.05, 4.69) is 5.32 Å². The zero-order chi connectivity index (χ0) is 17.7. The number of hydrogen-bond donors (Lipinski definition) is 2. The van der Waals surface area contributed by atoms with E-state index in [-0.39, 0.29) is 11.8 Å². The van der Waals surface area contributed by atoms with E-state index >= 15 is 0 Å². The molecular weight excluding hydrogens is 346 g/mol. The summed E-state index contributed by atoms with van der Waals surface area (Å²) in [6.45, 7) is 4.44. The van der Waals surface area contributed by atoms with Crippen LogP contribution in [0.1, 0.15) is 37.0 Å². The fraction of sp³-hybridized carbons (Fsp3) is 0.529. The molecule has 0 spiro atoms. The molecule has 1 aromatic carbocycles. The van der Waals surface area contributed by atoms with Gasteiger partial charge in [0.05, 0.1) is 5.88 Å². The average molecular weight is 370 g/mol. The molecule has 1 unspecified atom stereocenters. The van der Waals surface area contributed by atoms with Crippen molar-refractivity contribution < 1.29 is 9.59 Å². The molecule has 0 radical (unpaired) electrons. The number of nitrogens with one attached hydrogen (secondary N) is 1. The molecule has 0 saturated carbocycles. The van der Waals surface area contributed by atoms with Crippen molar-refractivity contribution in [2.75, 3.05) is 18.2 Å². The molecule has 1 aliphatic rings. The van der Waals surface area contributed by atoms with Crippen molar-refractivity contribution in [3.8, 4) is 0 Å². The Balaban J connectivity index is 2.03. The van der Waals surface area contributed by atoms with E-state index in [4.69, 9.17) is 17.3 Å². The Morgan fingerprint density at radius 1 is 1.33 bits per heavy atom. The quantitative estimate of drug-likeness (QED) is 0.807. The highest BCUT2D eigenvalue weighted by Gasteiger charge is 2.35. The van der Waals surface area contributed by atoms with Gasteiger partial charge in [0, 0.05) is 28.4 Å². The Bertz CT molecular complexity index is 590. The number of nitrogens with two attached hydrogens (primary N) is 1. The molecule has 5 nitrogen and oxygen atoms in total. The molecule has 1 heterocycles. The summed E-state index contributed by atoms with van der Waals surface area (Å²) in [6.07, 6.45) is 1.58. The van der Waals surface area contributed by atoms with Crippen LogP contribution < -0.4 is 11.1 Å². The van der Waals surface area contributed by atoms with E-state index in [0.29, 0.717) is 28.8 Å². The summed E-state index contributed by atoms with van der Waals surface area (Å²) >= 11 is 7.44. The van der Waals surface area contributed by atoms with Crippen LogP contribution in [0.3, 0.4) is 0 Å². The monoisotopic (exact) mass is 369 g/mol. The van der Waals surface area contributed by atoms with E-state index in [9.17, 15) is 9.59 Å². The van der Waals surface area contributed by atoms with Crippen LogP contribution in [-0.4, -0.2) is 46.5 Å². The maximum absolute atomic E-state index is 12.7. The molecule has 3 N–H and O–H groups in total. The van der Waals surface area contributed by atoms with E-state index in [1.54, 1.807) is 40.9 Å². The predicted molar refractivity (Wildman–Crippen MR) is 99.2 cm³/mol. The molecule has 2 amide bonds. The fourth-order valence-electron chi connectivity index (χ4n) is 2.50. The third-order valence-electron chi connectivity index (χ3n) is 4.56. The molecule has 132 valence electrons. The van der Waals surface area contributed by atoms with Gasteiger partial charge >= 0.3 is 0 Å². The van der Waals surface area contributed by atoms with E-state index in [0.717, 1.165) is 12.8 Å². The number of halogens is 1. The highest BCUT2D eigenvalue weighted by molar-refractivity contribution is 7.99. The van der Waals surface area contributed by atoms with Crippen LogP contribution in [0, 0.1) is 0 Å². The Morgan fingerprint density at radius 3 is 2.54 bits per heavy atom. The standard InChI is InChI=1S/C17H24ClN3O2S/c1-3-17(19,4-2)10-20-15(22)14-9-24-11-21(14)16(23)12-5-7-13(18)8-6-12/h5-8,14H,3-4,9-11,19H2,1-2H3,(H,20,22). The van der Waals surface area contributed by atoms with Gasteiger partial charge in [0.1, 0.15) is 6.04 Å². The normalized spacial score (nSPS) is 17.8. The van der Waals surface area contributed by atoms with Gasteiger partial charge in [-0.3, -0.25) is 9.59 Å². The molecule has 24 heavy (non-hydrogen) atoms. The van der Waals surface area contributed by atoms with Crippen LogP contribution >= 0.6 is 23.4 Å². The number of amides is 2. The van der Waals surface area contributed by atoms with Crippen LogP contribution in [0.25, 0.3) is 0 Å². The zero-order valence-corrected chi connectivity index (χ0v) is 15.6. The second-order valence-corrected chi connectivity index (χ2v) is 7.52. The molecular formula is C17H24ClN3O2S. The molecule has 0 aliphatic carbocycles. The summed E-state index contributed by atoms with van der Waals surface area (Å²) in [7, 11) is 0. The zero-order valence-electron chi connectivity index (χ0n) is 14.0. The van der Waals surface area contributed by atoms with Gasteiger partial charge < -0.3 is 16.0 Å². The Hall–Kier alpha value is -1.24. The van der Waals surface area contributed by atoms with Crippen LogP contribution in [-0.2, 0) is 4.79 Å². The number of nitrogens with zero attached hydrogens (tertiary/aromatic N) is 1. The molecule has 0 aromatic heterocycles. The SMILES string of the molecule is CCC(N)(CC)CNC(=O)C1CSCN1C(=O)c1ccc(Cl)cc1. The summed E-state index contributed by atoms with van der Waals surface area (Å²) in [6, 6.07) is 6.26. The fourth-order valence-corrected chi connectivity index (χ4v) is 3.78. The molecule has 7 heteroatoms. The predicted octanol–water partition coefficient (Wildman–Crippen LogP) is 2.49. The van der Waals surface area contributed by atoms with Crippen LogP contribution in [0.2, 0.25) is 5.02 Å². The lowest BCUT2D eigenvalue weighted by atomic mass is 9.94.